The lowest BCUT2D eigenvalue weighted by atomic mass is 9.83. The van der Waals surface area contributed by atoms with Gasteiger partial charge in [-0.05, 0) is 24.5 Å². The number of halogens is 1. The number of nitro benzene ring substituents is 1. The molecule has 0 aliphatic carbocycles. The van der Waals surface area contributed by atoms with Gasteiger partial charge in [-0.15, -0.1) is 0 Å². The van der Waals surface area contributed by atoms with Crippen LogP contribution in [0.1, 0.15) is 23.7 Å². The summed E-state index contributed by atoms with van der Waals surface area (Å²) in [7, 11) is 0. The third-order valence-corrected chi connectivity index (χ3v) is 4.94. The Morgan fingerprint density at radius 3 is 2.66 bits per heavy atom. The maximum Gasteiger partial charge on any atom is 0.304 e. The maximum absolute atomic E-state index is 12.2. The molecule has 0 saturated carbocycles. The van der Waals surface area contributed by atoms with Crippen molar-refractivity contribution >= 4 is 35.0 Å². The van der Waals surface area contributed by atoms with Crippen LogP contribution in [0.15, 0.2) is 60.0 Å². The highest BCUT2D eigenvalue weighted by molar-refractivity contribution is 7.98. The van der Waals surface area contributed by atoms with Crippen molar-refractivity contribution in [2.45, 2.75) is 17.7 Å². The van der Waals surface area contributed by atoms with Crippen LogP contribution >= 0.6 is 23.4 Å². The molecule has 148 valence electrons. The van der Waals surface area contributed by atoms with Crippen molar-refractivity contribution in [1.82, 2.24) is 15.0 Å². The number of thioether (sulfide) groups is 1. The second kappa shape index (κ2) is 8.54. The van der Waals surface area contributed by atoms with Crippen molar-refractivity contribution in [3.63, 3.8) is 0 Å². The maximum atomic E-state index is 12.2. The van der Waals surface area contributed by atoms with Crippen LogP contribution in [0.3, 0.4) is 0 Å². The molecule has 2 aromatic heterocycles. The van der Waals surface area contributed by atoms with Crippen molar-refractivity contribution in [1.29, 1.82) is 0 Å². The number of nitro groups is 1. The zero-order valence-electron chi connectivity index (χ0n) is 15.4. The molecule has 3 aromatic rings. The Hall–Kier alpha value is -3.04. The molecule has 0 radical (unpaired) electrons. The molecule has 0 amide bonds. The van der Waals surface area contributed by atoms with E-state index in [-0.39, 0.29) is 10.8 Å². The van der Waals surface area contributed by atoms with Crippen LogP contribution in [0, 0.1) is 10.1 Å². The highest BCUT2D eigenvalue weighted by atomic mass is 35.5. The lowest BCUT2D eigenvalue weighted by molar-refractivity contribution is -0.385. The smallest absolute Gasteiger partial charge is 0.304 e. The van der Waals surface area contributed by atoms with E-state index in [1.807, 2.05) is 0 Å². The van der Waals surface area contributed by atoms with E-state index in [1.165, 1.54) is 49.3 Å². The summed E-state index contributed by atoms with van der Waals surface area (Å²) in [5.41, 5.74) is -0.900. The van der Waals surface area contributed by atoms with E-state index in [1.54, 1.807) is 30.5 Å². The molecule has 0 saturated heterocycles. The number of ether oxygens (including phenoxy) is 1. The van der Waals surface area contributed by atoms with E-state index in [2.05, 4.69) is 15.0 Å². The van der Waals surface area contributed by atoms with Gasteiger partial charge < -0.3 is 4.74 Å². The minimum atomic E-state index is -1.66. The summed E-state index contributed by atoms with van der Waals surface area (Å²) < 4.78 is 5.83. The minimum absolute atomic E-state index is 0.0737. The number of non-ortho nitro benzene ring substituents is 1. The predicted molar refractivity (Wildman–Crippen MR) is 108 cm³/mol. The van der Waals surface area contributed by atoms with E-state index in [0.717, 1.165) is 0 Å². The van der Waals surface area contributed by atoms with Gasteiger partial charge in [-0.25, -0.2) is 15.0 Å². The molecular weight excluding hydrogens is 416 g/mol. The number of rotatable bonds is 6. The van der Waals surface area contributed by atoms with Crippen LogP contribution in [0.5, 0.6) is 0 Å². The number of carbonyl (C=O) groups excluding carboxylic acids is 1. The van der Waals surface area contributed by atoms with Gasteiger partial charge in [0.1, 0.15) is 5.15 Å². The molecule has 10 heteroatoms. The number of carbonyl (C=O) groups is 1. The fourth-order valence-corrected chi connectivity index (χ4v) is 3.55. The van der Waals surface area contributed by atoms with Gasteiger partial charge in [-0.1, -0.05) is 35.5 Å². The second-order valence-corrected chi connectivity index (χ2v) is 6.98. The van der Waals surface area contributed by atoms with E-state index in [0.29, 0.717) is 22.0 Å². The van der Waals surface area contributed by atoms with Gasteiger partial charge in [0.2, 0.25) is 5.60 Å². The summed E-state index contributed by atoms with van der Waals surface area (Å²) in [6.45, 7) is 1.24. The van der Waals surface area contributed by atoms with Crippen LogP contribution in [0.4, 0.5) is 5.69 Å². The average Bonchev–Trinajstić information content (AvgIpc) is 2.72. The summed E-state index contributed by atoms with van der Waals surface area (Å²) in [6.07, 6.45) is 4.82. The molecule has 2 heterocycles. The zero-order valence-corrected chi connectivity index (χ0v) is 17.0. The molecular formula is C19H15ClN4O4S. The van der Waals surface area contributed by atoms with Crippen molar-refractivity contribution in [3.05, 3.63) is 86.9 Å². The SMILES string of the molecule is CSc1nccc(C(OC(C)=O)(c2cccc([N+](=O)[O-])c2)c2cccnc2Cl)n1. The predicted octanol–water partition coefficient (Wildman–Crippen LogP) is 4.01. The third-order valence-electron chi connectivity index (χ3n) is 4.08. The molecule has 0 N–H and O–H groups in total. The monoisotopic (exact) mass is 430 g/mol. The molecule has 3 rings (SSSR count). The van der Waals surface area contributed by atoms with Crippen LogP contribution in [-0.4, -0.2) is 32.1 Å². The highest BCUT2D eigenvalue weighted by Crippen LogP contribution is 2.43. The van der Waals surface area contributed by atoms with Crippen molar-refractivity contribution in [2.75, 3.05) is 6.26 Å². The Morgan fingerprint density at radius 1 is 1.21 bits per heavy atom. The molecule has 0 bridgehead atoms. The molecule has 0 aliphatic heterocycles. The van der Waals surface area contributed by atoms with Crippen LogP contribution in [0.2, 0.25) is 5.15 Å². The first-order valence-electron chi connectivity index (χ1n) is 8.31. The normalized spacial score (nSPS) is 12.8. The van der Waals surface area contributed by atoms with Gasteiger partial charge in [-0.3, -0.25) is 14.9 Å². The van der Waals surface area contributed by atoms with Crippen LogP contribution < -0.4 is 0 Å². The quantitative estimate of drug-likeness (QED) is 0.144. The molecule has 8 nitrogen and oxygen atoms in total. The summed E-state index contributed by atoms with van der Waals surface area (Å²) in [5.74, 6) is -0.624. The van der Waals surface area contributed by atoms with E-state index < -0.39 is 16.5 Å². The van der Waals surface area contributed by atoms with Crippen molar-refractivity contribution in [2.24, 2.45) is 0 Å². The van der Waals surface area contributed by atoms with Crippen LogP contribution in [-0.2, 0) is 15.1 Å². The van der Waals surface area contributed by atoms with Gasteiger partial charge in [0.05, 0.1) is 10.6 Å². The van der Waals surface area contributed by atoms with Gasteiger partial charge in [0.25, 0.3) is 5.69 Å². The van der Waals surface area contributed by atoms with Gasteiger partial charge in [-0.2, -0.15) is 0 Å². The molecule has 0 fully saturated rings. The first-order valence-corrected chi connectivity index (χ1v) is 9.91. The number of benzene rings is 1. The molecule has 1 aromatic carbocycles. The van der Waals surface area contributed by atoms with Gasteiger partial charge in [0, 0.05) is 42.6 Å². The molecule has 29 heavy (non-hydrogen) atoms. The Bertz CT molecular complexity index is 1080. The topological polar surface area (TPSA) is 108 Å². The Kier molecular flexibility index (Phi) is 6.09. The molecule has 0 spiro atoms. The summed E-state index contributed by atoms with van der Waals surface area (Å²) >= 11 is 7.68. The fourth-order valence-electron chi connectivity index (χ4n) is 2.95. The first kappa shape index (κ1) is 20.7. The molecule has 0 aliphatic rings. The molecule has 1 atom stereocenters. The number of nitrogens with zero attached hydrogens (tertiary/aromatic N) is 4. The number of aromatic nitrogens is 3. The Labute approximate surface area is 175 Å². The zero-order chi connectivity index (χ0) is 21.0. The highest BCUT2D eigenvalue weighted by Gasteiger charge is 2.44. The number of hydrogen-bond acceptors (Lipinski definition) is 8. The van der Waals surface area contributed by atoms with E-state index in [4.69, 9.17) is 16.3 Å². The number of hydrogen-bond donors (Lipinski definition) is 0. The number of esters is 1. The van der Waals surface area contributed by atoms with E-state index in [9.17, 15) is 14.9 Å². The summed E-state index contributed by atoms with van der Waals surface area (Å²) in [6, 6.07) is 10.6. The summed E-state index contributed by atoms with van der Waals surface area (Å²) in [4.78, 5) is 35.8. The third kappa shape index (κ3) is 4.06. The average molecular weight is 431 g/mol. The minimum Gasteiger partial charge on any atom is -0.443 e. The largest absolute Gasteiger partial charge is 0.443 e. The lowest BCUT2D eigenvalue weighted by Gasteiger charge is -2.33. The van der Waals surface area contributed by atoms with Crippen molar-refractivity contribution < 1.29 is 14.5 Å². The lowest BCUT2D eigenvalue weighted by Crippen LogP contribution is -2.36. The first-order chi connectivity index (χ1) is 13.9. The fraction of sp³-hybridized carbons (Fsp3) is 0.158. The number of pyridine rings is 1. The van der Waals surface area contributed by atoms with Crippen molar-refractivity contribution in [3.8, 4) is 0 Å². The Balaban J connectivity index is 2.43. The molecule has 1 unspecified atom stereocenters. The van der Waals surface area contributed by atoms with E-state index >= 15 is 0 Å². The second-order valence-electron chi connectivity index (χ2n) is 5.85. The Morgan fingerprint density at radius 2 is 2.00 bits per heavy atom. The van der Waals surface area contributed by atoms with Gasteiger partial charge in [0.15, 0.2) is 5.16 Å². The van der Waals surface area contributed by atoms with Gasteiger partial charge >= 0.3 is 5.97 Å². The standard InChI is InChI=1S/C19H15ClN4O4S/c1-12(25)28-19(15-7-4-9-21-17(15)20,16-8-10-22-18(23-16)29-2)13-5-3-6-14(11-13)24(26)27/h3-11H,1-2H3. The van der Waals surface area contributed by atoms with Crippen LogP contribution in [0.25, 0.3) is 0 Å². The summed E-state index contributed by atoms with van der Waals surface area (Å²) in [5, 5.41) is 11.9.